The molecule has 1 aromatic heterocycles. The third-order valence-corrected chi connectivity index (χ3v) is 4.43. The minimum absolute atomic E-state index is 0.338. The molecule has 0 amide bonds. The Morgan fingerprint density at radius 2 is 2.06 bits per heavy atom. The Morgan fingerprint density at radius 1 is 1.33 bits per heavy atom. The van der Waals surface area contributed by atoms with Gasteiger partial charge < -0.3 is 5.32 Å². The molecule has 1 aromatic carbocycles. The van der Waals surface area contributed by atoms with Crippen molar-refractivity contribution in [2.24, 2.45) is 0 Å². The van der Waals surface area contributed by atoms with Crippen LogP contribution in [0.5, 0.6) is 0 Å². The lowest BCUT2D eigenvalue weighted by Crippen LogP contribution is -2.18. The zero-order valence-electron chi connectivity index (χ0n) is 10.6. The summed E-state index contributed by atoms with van der Waals surface area (Å²) in [5.74, 6) is 0. The van der Waals surface area contributed by atoms with Crippen LogP contribution in [0.4, 0.5) is 0 Å². The SMILES string of the molecule is CCc1nc(CN[C@@H](C)c2ccc(Br)cc2)cs1. The number of rotatable bonds is 5. The summed E-state index contributed by atoms with van der Waals surface area (Å²) in [6.07, 6.45) is 1.02. The molecule has 2 nitrogen and oxygen atoms in total. The van der Waals surface area contributed by atoms with Crippen molar-refractivity contribution in [2.75, 3.05) is 0 Å². The Labute approximate surface area is 121 Å². The predicted molar refractivity (Wildman–Crippen MR) is 80.9 cm³/mol. The van der Waals surface area contributed by atoms with Gasteiger partial charge in [-0.05, 0) is 31.0 Å². The zero-order valence-corrected chi connectivity index (χ0v) is 13.0. The number of nitrogens with zero attached hydrogens (tertiary/aromatic N) is 1. The summed E-state index contributed by atoms with van der Waals surface area (Å²) in [4.78, 5) is 4.56. The van der Waals surface area contributed by atoms with Crippen LogP contribution in [-0.2, 0) is 13.0 Å². The summed E-state index contributed by atoms with van der Waals surface area (Å²) in [5, 5.41) is 6.85. The van der Waals surface area contributed by atoms with Crippen molar-refractivity contribution in [3.8, 4) is 0 Å². The van der Waals surface area contributed by atoms with Gasteiger partial charge in [0.2, 0.25) is 0 Å². The maximum Gasteiger partial charge on any atom is 0.0926 e. The molecule has 0 radical (unpaired) electrons. The van der Waals surface area contributed by atoms with E-state index in [0.29, 0.717) is 6.04 Å². The summed E-state index contributed by atoms with van der Waals surface area (Å²) in [5.41, 5.74) is 2.44. The molecule has 18 heavy (non-hydrogen) atoms. The first kappa shape index (κ1) is 13.7. The molecule has 1 heterocycles. The summed E-state index contributed by atoms with van der Waals surface area (Å²) in [6, 6.07) is 8.77. The molecule has 2 aromatic rings. The highest BCUT2D eigenvalue weighted by molar-refractivity contribution is 9.10. The van der Waals surface area contributed by atoms with Crippen LogP contribution in [0.25, 0.3) is 0 Å². The number of aryl methyl sites for hydroxylation is 1. The van der Waals surface area contributed by atoms with Crippen molar-refractivity contribution in [1.82, 2.24) is 10.3 Å². The molecule has 0 bridgehead atoms. The normalized spacial score (nSPS) is 12.6. The number of hydrogen-bond donors (Lipinski definition) is 1. The van der Waals surface area contributed by atoms with Crippen LogP contribution in [0.3, 0.4) is 0 Å². The molecule has 1 N–H and O–H groups in total. The second-order valence-corrected chi connectivity index (χ2v) is 6.10. The van der Waals surface area contributed by atoms with Crippen LogP contribution in [0.15, 0.2) is 34.1 Å². The van der Waals surface area contributed by atoms with Gasteiger partial charge in [-0.1, -0.05) is 35.0 Å². The zero-order chi connectivity index (χ0) is 13.0. The quantitative estimate of drug-likeness (QED) is 0.886. The summed E-state index contributed by atoms with van der Waals surface area (Å²) >= 11 is 5.19. The predicted octanol–water partition coefficient (Wildman–Crippen LogP) is 4.32. The van der Waals surface area contributed by atoms with E-state index in [1.165, 1.54) is 10.6 Å². The largest absolute Gasteiger partial charge is 0.305 e. The second kappa shape index (κ2) is 6.45. The fraction of sp³-hybridized carbons (Fsp3) is 0.357. The van der Waals surface area contributed by atoms with Gasteiger partial charge in [-0.3, -0.25) is 0 Å². The van der Waals surface area contributed by atoms with Gasteiger partial charge in [-0.2, -0.15) is 0 Å². The number of thiazole rings is 1. The molecule has 0 aliphatic heterocycles. The molecule has 0 saturated heterocycles. The van der Waals surface area contributed by atoms with Gasteiger partial charge in [0.15, 0.2) is 0 Å². The fourth-order valence-corrected chi connectivity index (χ4v) is 2.73. The maximum atomic E-state index is 4.56. The van der Waals surface area contributed by atoms with E-state index in [4.69, 9.17) is 0 Å². The molecule has 0 spiro atoms. The van der Waals surface area contributed by atoms with E-state index in [2.05, 4.69) is 69.7 Å². The topological polar surface area (TPSA) is 24.9 Å². The maximum absolute atomic E-state index is 4.56. The van der Waals surface area contributed by atoms with E-state index in [1.807, 2.05) is 0 Å². The van der Waals surface area contributed by atoms with Crippen LogP contribution in [0.1, 0.15) is 36.2 Å². The summed E-state index contributed by atoms with van der Waals surface area (Å²) in [7, 11) is 0. The van der Waals surface area contributed by atoms with E-state index in [0.717, 1.165) is 23.1 Å². The highest BCUT2D eigenvalue weighted by Crippen LogP contribution is 2.17. The first-order valence-corrected chi connectivity index (χ1v) is 7.78. The van der Waals surface area contributed by atoms with Crippen molar-refractivity contribution in [3.63, 3.8) is 0 Å². The van der Waals surface area contributed by atoms with Gasteiger partial charge in [-0.15, -0.1) is 11.3 Å². The standard InChI is InChI=1S/C14H17BrN2S/c1-3-14-17-13(9-18-14)8-16-10(2)11-4-6-12(15)7-5-11/h4-7,9-10,16H,3,8H2,1-2H3/t10-/m0/s1. The van der Waals surface area contributed by atoms with Gasteiger partial charge >= 0.3 is 0 Å². The van der Waals surface area contributed by atoms with Gasteiger partial charge in [0.05, 0.1) is 10.7 Å². The van der Waals surface area contributed by atoms with Gasteiger partial charge in [0.1, 0.15) is 0 Å². The molecule has 0 fully saturated rings. The average molecular weight is 325 g/mol. The van der Waals surface area contributed by atoms with E-state index in [-0.39, 0.29) is 0 Å². The highest BCUT2D eigenvalue weighted by atomic mass is 79.9. The first-order chi connectivity index (χ1) is 8.69. The van der Waals surface area contributed by atoms with E-state index >= 15 is 0 Å². The Bertz CT molecular complexity index is 493. The number of nitrogens with one attached hydrogen (secondary N) is 1. The molecule has 0 saturated carbocycles. The molecule has 2 rings (SSSR count). The lowest BCUT2D eigenvalue weighted by atomic mass is 10.1. The van der Waals surface area contributed by atoms with Crippen LogP contribution >= 0.6 is 27.3 Å². The van der Waals surface area contributed by atoms with Gasteiger partial charge in [0, 0.05) is 22.4 Å². The third-order valence-electron chi connectivity index (χ3n) is 2.86. The van der Waals surface area contributed by atoms with Crippen molar-refractivity contribution in [2.45, 2.75) is 32.9 Å². The van der Waals surface area contributed by atoms with Crippen LogP contribution < -0.4 is 5.32 Å². The average Bonchev–Trinajstić information content (AvgIpc) is 2.85. The first-order valence-electron chi connectivity index (χ1n) is 6.11. The Hall–Kier alpha value is -0.710. The Balaban J connectivity index is 1.91. The van der Waals surface area contributed by atoms with Crippen molar-refractivity contribution in [3.05, 3.63) is 50.4 Å². The lowest BCUT2D eigenvalue weighted by molar-refractivity contribution is 0.568. The minimum Gasteiger partial charge on any atom is -0.305 e. The molecular weight excluding hydrogens is 308 g/mol. The second-order valence-electron chi connectivity index (χ2n) is 4.24. The van der Waals surface area contributed by atoms with Crippen LogP contribution in [0.2, 0.25) is 0 Å². The molecule has 0 unspecified atom stereocenters. The van der Waals surface area contributed by atoms with E-state index in [9.17, 15) is 0 Å². The molecule has 4 heteroatoms. The van der Waals surface area contributed by atoms with E-state index < -0.39 is 0 Å². The summed E-state index contributed by atoms with van der Waals surface area (Å²) < 4.78 is 1.12. The smallest absolute Gasteiger partial charge is 0.0926 e. The number of halogens is 1. The Kier molecular flexibility index (Phi) is 4.92. The molecular formula is C14H17BrN2S. The van der Waals surface area contributed by atoms with Gasteiger partial charge in [0.25, 0.3) is 0 Å². The Morgan fingerprint density at radius 3 is 2.67 bits per heavy atom. The highest BCUT2D eigenvalue weighted by Gasteiger charge is 2.06. The molecule has 0 aliphatic rings. The van der Waals surface area contributed by atoms with Crippen LogP contribution in [-0.4, -0.2) is 4.98 Å². The number of benzene rings is 1. The fourth-order valence-electron chi connectivity index (χ4n) is 1.72. The van der Waals surface area contributed by atoms with Crippen molar-refractivity contribution < 1.29 is 0 Å². The molecule has 1 atom stereocenters. The third kappa shape index (κ3) is 3.64. The van der Waals surface area contributed by atoms with Crippen LogP contribution in [0, 0.1) is 0 Å². The van der Waals surface area contributed by atoms with Crippen molar-refractivity contribution >= 4 is 27.3 Å². The number of aromatic nitrogens is 1. The summed E-state index contributed by atoms with van der Waals surface area (Å²) in [6.45, 7) is 5.14. The lowest BCUT2D eigenvalue weighted by Gasteiger charge is -2.13. The molecule has 96 valence electrons. The monoisotopic (exact) mass is 324 g/mol. The van der Waals surface area contributed by atoms with E-state index in [1.54, 1.807) is 11.3 Å². The minimum atomic E-state index is 0.338. The van der Waals surface area contributed by atoms with Gasteiger partial charge in [-0.25, -0.2) is 4.98 Å². The number of hydrogen-bond acceptors (Lipinski definition) is 3. The van der Waals surface area contributed by atoms with Crippen molar-refractivity contribution in [1.29, 1.82) is 0 Å². The molecule has 0 aliphatic carbocycles.